The van der Waals surface area contributed by atoms with E-state index in [2.05, 4.69) is 0 Å². The molecule has 1 amide bonds. The van der Waals surface area contributed by atoms with Gasteiger partial charge in [0.05, 0.1) is 25.4 Å². The average molecular weight is 253 g/mol. The zero-order valence-electron chi connectivity index (χ0n) is 10.0. The summed E-state index contributed by atoms with van der Waals surface area (Å²) in [4.78, 5) is 13.7. The lowest BCUT2D eigenvalue weighted by Gasteiger charge is -2.38. The summed E-state index contributed by atoms with van der Waals surface area (Å²) in [6.45, 7) is 5.36. The number of hydrogen-bond donors (Lipinski definition) is 1. The molecule has 0 bridgehead atoms. The number of carbonyl (C=O) groups excluding carboxylic acids is 1. The Balaban J connectivity index is 0.00000225. The van der Waals surface area contributed by atoms with Crippen LogP contribution in [-0.4, -0.2) is 55.9 Å². The van der Waals surface area contributed by atoms with Gasteiger partial charge in [0.2, 0.25) is 5.91 Å². The maximum Gasteiger partial charge on any atom is 0.242 e. The number of rotatable bonds is 3. The van der Waals surface area contributed by atoms with E-state index >= 15 is 0 Å². The van der Waals surface area contributed by atoms with Gasteiger partial charge in [0, 0.05) is 13.7 Å². The van der Waals surface area contributed by atoms with Crippen molar-refractivity contribution in [1.82, 2.24) is 4.90 Å². The molecule has 96 valence electrons. The number of morpholine rings is 1. The molecular weight excluding hydrogens is 232 g/mol. The lowest BCUT2D eigenvalue weighted by atomic mass is 10.1. The van der Waals surface area contributed by atoms with Crippen LogP contribution < -0.4 is 5.73 Å². The van der Waals surface area contributed by atoms with E-state index in [9.17, 15) is 4.79 Å². The summed E-state index contributed by atoms with van der Waals surface area (Å²) in [6, 6.07) is -0.473. The third-order valence-electron chi connectivity index (χ3n) is 2.55. The van der Waals surface area contributed by atoms with E-state index in [4.69, 9.17) is 15.2 Å². The molecule has 3 unspecified atom stereocenters. The summed E-state index contributed by atoms with van der Waals surface area (Å²) in [7, 11) is 1.54. The zero-order chi connectivity index (χ0) is 11.4. The lowest BCUT2D eigenvalue weighted by molar-refractivity contribution is -0.145. The van der Waals surface area contributed by atoms with Gasteiger partial charge in [-0.3, -0.25) is 4.79 Å². The first-order chi connectivity index (χ1) is 7.06. The number of nitrogens with zero attached hydrogens (tertiary/aromatic N) is 1. The lowest BCUT2D eigenvalue weighted by Crippen LogP contribution is -2.56. The highest BCUT2D eigenvalue weighted by atomic mass is 35.5. The van der Waals surface area contributed by atoms with Crippen molar-refractivity contribution in [2.24, 2.45) is 5.73 Å². The maximum absolute atomic E-state index is 11.9. The SMILES string of the molecule is COCC(N)C(=O)N1CC(C)OCC1C.Cl. The van der Waals surface area contributed by atoms with E-state index in [1.165, 1.54) is 0 Å². The molecule has 3 atom stereocenters. The Bertz CT molecular complexity index is 228. The van der Waals surface area contributed by atoms with Crippen LogP contribution in [0.5, 0.6) is 0 Å². The van der Waals surface area contributed by atoms with Crippen LogP contribution in [0, 0.1) is 0 Å². The fourth-order valence-electron chi connectivity index (χ4n) is 1.67. The van der Waals surface area contributed by atoms with Crippen LogP contribution in [0.4, 0.5) is 0 Å². The van der Waals surface area contributed by atoms with Crippen LogP contribution in [0.1, 0.15) is 13.8 Å². The van der Waals surface area contributed by atoms with Gasteiger partial charge in [0.25, 0.3) is 0 Å². The predicted molar refractivity (Wildman–Crippen MR) is 63.7 cm³/mol. The van der Waals surface area contributed by atoms with Gasteiger partial charge in [-0.1, -0.05) is 0 Å². The van der Waals surface area contributed by atoms with Crippen LogP contribution in [-0.2, 0) is 14.3 Å². The van der Waals surface area contributed by atoms with Gasteiger partial charge in [0.1, 0.15) is 6.04 Å². The molecule has 0 aromatic rings. The summed E-state index contributed by atoms with van der Waals surface area (Å²) >= 11 is 0. The molecule has 0 saturated carbocycles. The van der Waals surface area contributed by atoms with Gasteiger partial charge in [-0.2, -0.15) is 0 Å². The van der Waals surface area contributed by atoms with Crippen LogP contribution in [0.2, 0.25) is 0 Å². The summed E-state index contributed by atoms with van der Waals surface area (Å²) in [5.74, 6) is -0.0560. The Hall–Kier alpha value is -0.360. The zero-order valence-corrected chi connectivity index (χ0v) is 10.8. The Labute approximate surface area is 103 Å². The van der Waals surface area contributed by atoms with E-state index in [0.717, 1.165) is 0 Å². The molecule has 5 nitrogen and oxygen atoms in total. The second-order valence-corrected chi connectivity index (χ2v) is 4.05. The Morgan fingerprint density at radius 1 is 1.62 bits per heavy atom. The molecule has 0 radical (unpaired) electrons. The summed E-state index contributed by atoms with van der Waals surface area (Å²) in [5.41, 5.74) is 5.71. The van der Waals surface area contributed by atoms with E-state index in [-0.39, 0.29) is 37.1 Å². The van der Waals surface area contributed by atoms with Crippen molar-refractivity contribution in [2.45, 2.75) is 32.0 Å². The monoisotopic (exact) mass is 252 g/mol. The van der Waals surface area contributed by atoms with E-state index in [0.29, 0.717) is 13.2 Å². The molecule has 1 aliphatic rings. The second kappa shape index (κ2) is 7.06. The van der Waals surface area contributed by atoms with Gasteiger partial charge in [-0.15, -0.1) is 12.4 Å². The van der Waals surface area contributed by atoms with Crippen molar-refractivity contribution in [3.63, 3.8) is 0 Å². The fourth-order valence-corrected chi connectivity index (χ4v) is 1.67. The summed E-state index contributed by atoms with van der Waals surface area (Å²) in [6.07, 6.45) is 0.0832. The van der Waals surface area contributed by atoms with Gasteiger partial charge < -0.3 is 20.1 Å². The number of carbonyl (C=O) groups is 1. The standard InChI is InChI=1S/C10H20N2O3.ClH/c1-7-5-15-8(2)4-12(7)10(13)9(11)6-14-3;/h7-9H,4-6,11H2,1-3H3;1H. The van der Waals surface area contributed by atoms with Gasteiger partial charge in [0.15, 0.2) is 0 Å². The maximum atomic E-state index is 11.9. The molecule has 2 N–H and O–H groups in total. The first-order valence-corrected chi connectivity index (χ1v) is 5.22. The van der Waals surface area contributed by atoms with E-state index in [1.54, 1.807) is 12.0 Å². The smallest absolute Gasteiger partial charge is 0.242 e. The summed E-state index contributed by atoms with van der Waals surface area (Å²) in [5, 5.41) is 0. The molecular formula is C10H21ClN2O3. The Kier molecular flexibility index (Phi) is 6.90. The minimum Gasteiger partial charge on any atom is -0.383 e. The largest absolute Gasteiger partial charge is 0.383 e. The molecule has 1 aliphatic heterocycles. The minimum atomic E-state index is -0.567. The predicted octanol–water partition coefficient (Wildman–Crippen LogP) is 0.0177. The van der Waals surface area contributed by atoms with Crippen LogP contribution >= 0.6 is 12.4 Å². The number of methoxy groups -OCH3 is 1. The molecule has 1 fully saturated rings. The van der Waals surface area contributed by atoms with Gasteiger partial charge in [-0.05, 0) is 13.8 Å². The molecule has 0 aromatic carbocycles. The highest BCUT2D eigenvalue weighted by molar-refractivity contribution is 5.85. The molecule has 6 heteroatoms. The second-order valence-electron chi connectivity index (χ2n) is 4.05. The van der Waals surface area contributed by atoms with Gasteiger partial charge in [-0.25, -0.2) is 0 Å². The fraction of sp³-hybridized carbons (Fsp3) is 0.900. The molecule has 0 aliphatic carbocycles. The van der Waals surface area contributed by atoms with Crippen molar-refractivity contribution >= 4 is 18.3 Å². The van der Waals surface area contributed by atoms with Crippen LogP contribution in [0.3, 0.4) is 0 Å². The van der Waals surface area contributed by atoms with Crippen LogP contribution in [0.15, 0.2) is 0 Å². The third kappa shape index (κ3) is 3.90. The van der Waals surface area contributed by atoms with Crippen molar-refractivity contribution in [3.8, 4) is 0 Å². The number of nitrogens with two attached hydrogens (primary N) is 1. The molecule has 0 spiro atoms. The first-order valence-electron chi connectivity index (χ1n) is 5.22. The number of hydrogen-bond acceptors (Lipinski definition) is 4. The first kappa shape index (κ1) is 15.6. The van der Waals surface area contributed by atoms with Crippen molar-refractivity contribution < 1.29 is 14.3 Å². The molecule has 1 rings (SSSR count). The van der Waals surface area contributed by atoms with Crippen LogP contribution in [0.25, 0.3) is 0 Å². The average Bonchev–Trinajstić information content (AvgIpc) is 2.21. The number of amides is 1. The summed E-state index contributed by atoms with van der Waals surface area (Å²) < 4.78 is 10.3. The van der Waals surface area contributed by atoms with Gasteiger partial charge >= 0.3 is 0 Å². The molecule has 16 heavy (non-hydrogen) atoms. The highest BCUT2D eigenvalue weighted by Crippen LogP contribution is 2.12. The third-order valence-corrected chi connectivity index (χ3v) is 2.55. The molecule has 0 aromatic heterocycles. The van der Waals surface area contributed by atoms with E-state index < -0.39 is 6.04 Å². The number of halogens is 1. The number of ether oxygens (including phenoxy) is 2. The normalized spacial score (nSPS) is 27.1. The van der Waals surface area contributed by atoms with Crippen molar-refractivity contribution in [2.75, 3.05) is 26.9 Å². The highest BCUT2D eigenvalue weighted by Gasteiger charge is 2.30. The van der Waals surface area contributed by atoms with E-state index in [1.807, 2.05) is 13.8 Å². The molecule has 1 heterocycles. The van der Waals surface area contributed by atoms with Crippen molar-refractivity contribution in [3.05, 3.63) is 0 Å². The quantitative estimate of drug-likeness (QED) is 0.769. The Morgan fingerprint density at radius 3 is 2.81 bits per heavy atom. The topological polar surface area (TPSA) is 64.8 Å². The molecule has 1 saturated heterocycles. The Morgan fingerprint density at radius 2 is 2.25 bits per heavy atom. The minimum absolute atomic E-state index is 0. The van der Waals surface area contributed by atoms with Crippen molar-refractivity contribution in [1.29, 1.82) is 0 Å².